The lowest BCUT2D eigenvalue weighted by Gasteiger charge is -2.48. The Balaban J connectivity index is 2.00. The van der Waals surface area contributed by atoms with Gasteiger partial charge >= 0.3 is 0 Å². The van der Waals surface area contributed by atoms with Crippen molar-refractivity contribution in [3.8, 4) is 0 Å². The summed E-state index contributed by atoms with van der Waals surface area (Å²) in [5, 5.41) is 0. The highest BCUT2D eigenvalue weighted by Crippen LogP contribution is 2.30. The maximum Gasteiger partial charge on any atom is 0.0239 e. The Labute approximate surface area is 80.4 Å². The van der Waals surface area contributed by atoms with Gasteiger partial charge < -0.3 is 0 Å². The molecule has 1 heteroatoms. The average molecular weight is 175 g/mol. The summed E-state index contributed by atoms with van der Waals surface area (Å²) < 4.78 is 0. The molecule has 1 fully saturated rings. The van der Waals surface area contributed by atoms with E-state index in [0.29, 0.717) is 5.54 Å². The van der Waals surface area contributed by atoms with Crippen LogP contribution in [-0.4, -0.2) is 17.0 Å². The molecule has 1 nitrogen and oxygen atoms in total. The zero-order valence-electron chi connectivity index (χ0n) is 8.46. The number of likely N-dealkylation sites (tertiary alicyclic amines) is 1. The Bertz CT molecular complexity index is 276. The first kappa shape index (κ1) is 8.76. The van der Waals surface area contributed by atoms with Crippen molar-refractivity contribution in [2.45, 2.75) is 32.4 Å². The summed E-state index contributed by atoms with van der Waals surface area (Å²) in [6.07, 6.45) is 1.33. The molecule has 1 aliphatic rings. The third kappa shape index (κ3) is 1.75. The quantitative estimate of drug-likeness (QED) is 0.668. The van der Waals surface area contributed by atoms with Crippen LogP contribution < -0.4 is 0 Å². The zero-order valence-corrected chi connectivity index (χ0v) is 8.46. The van der Waals surface area contributed by atoms with Crippen LogP contribution in [0.5, 0.6) is 0 Å². The molecule has 0 bridgehead atoms. The molecule has 0 aliphatic carbocycles. The standard InChI is InChI=1S/C12H17N/c1-12(2)8-9-13(12)10-11-6-4-3-5-7-11/h3-7H,8-10H2,1-2H3. The third-order valence-electron chi connectivity index (χ3n) is 3.07. The van der Waals surface area contributed by atoms with Crippen LogP contribution in [0, 0.1) is 0 Å². The monoisotopic (exact) mass is 175 g/mol. The molecule has 0 aromatic heterocycles. The number of hydrogen-bond donors (Lipinski definition) is 0. The van der Waals surface area contributed by atoms with Crippen molar-refractivity contribution in [3.63, 3.8) is 0 Å². The maximum atomic E-state index is 2.53. The van der Waals surface area contributed by atoms with Gasteiger partial charge in [0.1, 0.15) is 0 Å². The molecule has 1 aromatic rings. The van der Waals surface area contributed by atoms with Crippen LogP contribution in [0.2, 0.25) is 0 Å². The second kappa shape index (κ2) is 3.15. The fourth-order valence-electron chi connectivity index (χ4n) is 1.81. The smallest absolute Gasteiger partial charge is 0.0239 e. The van der Waals surface area contributed by atoms with Gasteiger partial charge in [-0.3, -0.25) is 4.90 Å². The summed E-state index contributed by atoms with van der Waals surface area (Å²) >= 11 is 0. The molecular weight excluding hydrogens is 158 g/mol. The lowest BCUT2D eigenvalue weighted by molar-refractivity contribution is 0.00794. The molecule has 0 radical (unpaired) electrons. The first-order valence-electron chi connectivity index (χ1n) is 4.97. The highest BCUT2D eigenvalue weighted by Gasteiger charge is 2.35. The highest BCUT2D eigenvalue weighted by atomic mass is 15.2. The molecule has 1 aliphatic heterocycles. The van der Waals surface area contributed by atoms with Crippen LogP contribution >= 0.6 is 0 Å². The Kier molecular flexibility index (Phi) is 2.12. The topological polar surface area (TPSA) is 3.24 Å². The zero-order chi connectivity index (χ0) is 9.31. The molecule has 1 heterocycles. The van der Waals surface area contributed by atoms with Gasteiger partial charge in [-0.15, -0.1) is 0 Å². The maximum absolute atomic E-state index is 2.53. The molecule has 1 saturated heterocycles. The normalized spacial score (nSPS) is 21.1. The third-order valence-corrected chi connectivity index (χ3v) is 3.07. The second-order valence-electron chi connectivity index (χ2n) is 4.47. The van der Waals surface area contributed by atoms with E-state index >= 15 is 0 Å². The van der Waals surface area contributed by atoms with Gasteiger partial charge in [0.15, 0.2) is 0 Å². The molecule has 13 heavy (non-hydrogen) atoms. The number of nitrogens with zero attached hydrogens (tertiary/aromatic N) is 1. The fourth-order valence-corrected chi connectivity index (χ4v) is 1.81. The molecule has 1 aromatic carbocycles. The van der Waals surface area contributed by atoms with E-state index in [4.69, 9.17) is 0 Å². The summed E-state index contributed by atoms with van der Waals surface area (Å²) in [5.41, 5.74) is 1.85. The summed E-state index contributed by atoms with van der Waals surface area (Å²) in [5.74, 6) is 0. The molecule has 2 rings (SSSR count). The van der Waals surface area contributed by atoms with Crippen molar-refractivity contribution in [1.82, 2.24) is 4.90 Å². The Morgan fingerprint density at radius 1 is 1.23 bits per heavy atom. The molecule has 0 amide bonds. The van der Waals surface area contributed by atoms with Gasteiger partial charge in [-0.2, -0.15) is 0 Å². The lowest BCUT2D eigenvalue weighted by atomic mass is 9.88. The molecule has 0 N–H and O–H groups in total. The van der Waals surface area contributed by atoms with Crippen LogP contribution in [0.1, 0.15) is 25.8 Å². The largest absolute Gasteiger partial charge is 0.294 e. The molecule has 70 valence electrons. The lowest BCUT2D eigenvalue weighted by Crippen LogP contribution is -2.54. The van der Waals surface area contributed by atoms with Gasteiger partial charge in [0.2, 0.25) is 0 Å². The van der Waals surface area contributed by atoms with E-state index in [1.807, 2.05) is 0 Å². The van der Waals surface area contributed by atoms with Crippen LogP contribution in [0.4, 0.5) is 0 Å². The Morgan fingerprint density at radius 2 is 1.92 bits per heavy atom. The van der Waals surface area contributed by atoms with Crippen molar-refractivity contribution in [2.75, 3.05) is 6.54 Å². The number of benzene rings is 1. The predicted octanol–water partition coefficient (Wildman–Crippen LogP) is 2.67. The summed E-state index contributed by atoms with van der Waals surface area (Å²) in [6, 6.07) is 10.7. The minimum Gasteiger partial charge on any atom is -0.294 e. The van der Waals surface area contributed by atoms with E-state index in [9.17, 15) is 0 Å². The van der Waals surface area contributed by atoms with Crippen LogP contribution in [0.25, 0.3) is 0 Å². The van der Waals surface area contributed by atoms with Crippen molar-refractivity contribution >= 4 is 0 Å². The number of rotatable bonds is 2. The van der Waals surface area contributed by atoms with Crippen molar-refractivity contribution in [3.05, 3.63) is 35.9 Å². The molecular formula is C12H17N. The van der Waals surface area contributed by atoms with Gasteiger partial charge in [0, 0.05) is 18.6 Å². The minimum absolute atomic E-state index is 0.426. The molecule has 0 saturated carbocycles. The van der Waals surface area contributed by atoms with Crippen molar-refractivity contribution in [1.29, 1.82) is 0 Å². The van der Waals surface area contributed by atoms with E-state index in [-0.39, 0.29) is 0 Å². The van der Waals surface area contributed by atoms with Gasteiger partial charge in [-0.05, 0) is 25.8 Å². The van der Waals surface area contributed by atoms with Crippen LogP contribution in [0.15, 0.2) is 30.3 Å². The second-order valence-corrected chi connectivity index (χ2v) is 4.47. The first-order chi connectivity index (χ1) is 6.18. The predicted molar refractivity (Wildman–Crippen MR) is 55.5 cm³/mol. The van der Waals surface area contributed by atoms with Crippen LogP contribution in [-0.2, 0) is 6.54 Å². The number of hydrogen-bond acceptors (Lipinski definition) is 1. The summed E-state index contributed by atoms with van der Waals surface area (Å²) in [6.45, 7) is 6.99. The first-order valence-corrected chi connectivity index (χ1v) is 4.97. The van der Waals surface area contributed by atoms with E-state index in [1.165, 1.54) is 18.5 Å². The van der Waals surface area contributed by atoms with E-state index in [0.717, 1.165) is 6.54 Å². The average Bonchev–Trinajstić information content (AvgIpc) is 2.15. The van der Waals surface area contributed by atoms with Gasteiger partial charge in [0.25, 0.3) is 0 Å². The van der Waals surface area contributed by atoms with Gasteiger partial charge in [0.05, 0.1) is 0 Å². The summed E-state index contributed by atoms with van der Waals surface area (Å²) in [7, 11) is 0. The van der Waals surface area contributed by atoms with Crippen molar-refractivity contribution < 1.29 is 0 Å². The van der Waals surface area contributed by atoms with E-state index in [2.05, 4.69) is 49.1 Å². The van der Waals surface area contributed by atoms with Gasteiger partial charge in [-0.25, -0.2) is 0 Å². The van der Waals surface area contributed by atoms with E-state index < -0.39 is 0 Å². The highest BCUT2D eigenvalue weighted by molar-refractivity contribution is 5.15. The van der Waals surface area contributed by atoms with Gasteiger partial charge in [-0.1, -0.05) is 30.3 Å². The molecule has 0 atom stereocenters. The molecule has 0 unspecified atom stereocenters. The fraction of sp³-hybridized carbons (Fsp3) is 0.500. The van der Waals surface area contributed by atoms with Crippen molar-refractivity contribution in [2.24, 2.45) is 0 Å². The van der Waals surface area contributed by atoms with Crippen LogP contribution in [0.3, 0.4) is 0 Å². The SMILES string of the molecule is CC1(C)CCN1Cc1ccccc1. The Morgan fingerprint density at radius 3 is 2.38 bits per heavy atom. The van der Waals surface area contributed by atoms with E-state index in [1.54, 1.807) is 0 Å². The molecule has 0 spiro atoms. The minimum atomic E-state index is 0.426. The summed E-state index contributed by atoms with van der Waals surface area (Å²) in [4.78, 5) is 2.53. The Hall–Kier alpha value is -0.820.